The van der Waals surface area contributed by atoms with Crippen molar-refractivity contribution in [1.29, 1.82) is 0 Å². The third-order valence-corrected chi connectivity index (χ3v) is 5.95. The van der Waals surface area contributed by atoms with Gasteiger partial charge >= 0.3 is 0 Å². The molecule has 30 heavy (non-hydrogen) atoms. The third-order valence-electron chi connectivity index (χ3n) is 5.72. The van der Waals surface area contributed by atoms with E-state index in [-0.39, 0.29) is 11.8 Å². The number of nitrogens with zero attached hydrogens (tertiary/aromatic N) is 2. The van der Waals surface area contributed by atoms with E-state index in [1.165, 1.54) is 0 Å². The summed E-state index contributed by atoms with van der Waals surface area (Å²) in [6.45, 7) is 6.87. The smallest absolute Gasteiger partial charge is 0.270 e. The second-order valence-electron chi connectivity index (χ2n) is 7.78. The van der Waals surface area contributed by atoms with E-state index < -0.39 is 0 Å². The summed E-state index contributed by atoms with van der Waals surface area (Å²) in [6.07, 6.45) is 0. The van der Waals surface area contributed by atoms with E-state index in [1.807, 2.05) is 55.1 Å². The van der Waals surface area contributed by atoms with Crippen molar-refractivity contribution in [3.63, 3.8) is 0 Å². The van der Waals surface area contributed by atoms with Crippen molar-refractivity contribution in [2.75, 3.05) is 38.0 Å². The summed E-state index contributed by atoms with van der Waals surface area (Å²) in [6, 6.07) is 13.3. The van der Waals surface area contributed by atoms with Gasteiger partial charge < -0.3 is 15.2 Å². The SMILES string of the molecule is Cc1cccc(NC(=O)CN2CCN(C(=O)c3cc4cc(Cl)ccc4[nH]3)CC2)c1C. The lowest BCUT2D eigenvalue weighted by atomic mass is 10.1. The monoisotopic (exact) mass is 424 g/mol. The first-order chi connectivity index (χ1) is 14.4. The number of carbonyl (C=O) groups is 2. The van der Waals surface area contributed by atoms with Gasteiger partial charge in [0.1, 0.15) is 5.69 Å². The zero-order valence-electron chi connectivity index (χ0n) is 17.2. The Morgan fingerprint density at radius 3 is 2.60 bits per heavy atom. The number of fused-ring (bicyclic) bond motifs is 1. The Bertz CT molecular complexity index is 1100. The maximum absolute atomic E-state index is 12.9. The molecule has 2 amide bonds. The van der Waals surface area contributed by atoms with E-state index >= 15 is 0 Å². The molecule has 1 fully saturated rings. The number of anilines is 1. The predicted octanol–water partition coefficient (Wildman–Crippen LogP) is 3.83. The number of benzene rings is 2. The summed E-state index contributed by atoms with van der Waals surface area (Å²) in [5, 5.41) is 4.57. The van der Waals surface area contributed by atoms with Crippen LogP contribution in [-0.2, 0) is 4.79 Å². The summed E-state index contributed by atoms with van der Waals surface area (Å²) in [7, 11) is 0. The fraction of sp³-hybridized carbons (Fsp3) is 0.304. The summed E-state index contributed by atoms with van der Waals surface area (Å²) >= 11 is 6.03. The minimum atomic E-state index is -0.0315. The van der Waals surface area contributed by atoms with E-state index in [9.17, 15) is 9.59 Å². The highest BCUT2D eigenvalue weighted by Gasteiger charge is 2.24. The number of hydrogen-bond acceptors (Lipinski definition) is 3. The lowest BCUT2D eigenvalue weighted by Gasteiger charge is -2.34. The Hall–Kier alpha value is -2.83. The molecule has 0 radical (unpaired) electrons. The highest BCUT2D eigenvalue weighted by atomic mass is 35.5. The average Bonchev–Trinajstić information content (AvgIpc) is 3.14. The van der Waals surface area contributed by atoms with E-state index in [1.54, 1.807) is 6.07 Å². The van der Waals surface area contributed by atoms with Crippen molar-refractivity contribution in [3.05, 3.63) is 64.3 Å². The number of H-pyrrole nitrogens is 1. The molecule has 1 aromatic heterocycles. The van der Waals surface area contributed by atoms with Gasteiger partial charge in [-0.3, -0.25) is 14.5 Å². The first-order valence-electron chi connectivity index (χ1n) is 10.1. The van der Waals surface area contributed by atoms with E-state index in [0.717, 1.165) is 27.7 Å². The van der Waals surface area contributed by atoms with E-state index in [2.05, 4.69) is 15.2 Å². The molecule has 1 aliphatic rings. The molecule has 6 nitrogen and oxygen atoms in total. The molecule has 2 N–H and O–H groups in total. The van der Waals surface area contributed by atoms with Gasteiger partial charge in [-0.05, 0) is 55.3 Å². The first-order valence-corrected chi connectivity index (χ1v) is 10.4. The topological polar surface area (TPSA) is 68.4 Å². The number of carbonyl (C=O) groups excluding carboxylic acids is 2. The summed E-state index contributed by atoms with van der Waals surface area (Å²) in [5.74, 6) is -0.0576. The number of halogens is 1. The second kappa shape index (κ2) is 8.50. The Morgan fingerprint density at radius 1 is 1.07 bits per heavy atom. The van der Waals surface area contributed by atoms with Crippen LogP contribution in [0.4, 0.5) is 5.69 Å². The van der Waals surface area contributed by atoms with Crippen molar-refractivity contribution in [2.45, 2.75) is 13.8 Å². The van der Waals surface area contributed by atoms with Gasteiger partial charge in [-0.1, -0.05) is 23.7 Å². The Morgan fingerprint density at radius 2 is 1.83 bits per heavy atom. The van der Waals surface area contributed by atoms with Crippen LogP contribution in [0.5, 0.6) is 0 Å². The molecule has 1 saturated heterocycles. The van der Waals surface area contributed by atoms with Crippen LogP contribution in [-0.4, -0.2) is 59.3 Å². The first kappa shape index (κ1) is 20.4. The molecule has 3 aromatic rings. The molecule has 2 heterocycles. The van der Waals surface area contributed by atoms with Gasteiger partial charge in [0.25, 0.3) is 5.91 Å². The average molecular weight is 425 g/mol. The molecule has 0 bridgehead atoms. The molecule has 2 aromatic carbocycles. The van der Waals surface area contributed by atoms with Gasteiger partial charge in [-0.15, -0.1) is 0 Å². The number of piperazine rings is 1. The lowest BCUT2D eigenvalue weighted by molar-refractivity contribution is -0.117. The van der Waals surface area contributed by atoms with Crippen molar-refractivity contribution in [2.24, 2.45) is 0 Å². The van der Waals surface area contributed by atoms with Crippen LogP contribution in [0.3, 0.4) is 0 Å². The van der Waals surface area contributed by atoms with Gasteiger partial charge in [0.2, 0.25) is 5.91 Å². The molecule has 0 aliphatic carbocycles. The van der Waals surface area contributed by atoms with Gasteiger partial charge in [0.05, 0.1) is 6.54 Å². The van der Waals surface area contributed by atoms with Gasteiger partial charge in [0, 0.05) is 47.8 Å². The van der Waals surface area contributed by atoms with Crippen molar-refractivity contribution >= 4 is 40.0 Å². The highest BCUT2D eigenvalue weighted by Crippen LogP contribution is 2.21. The standard InChI is InChI=1S/C23H25ClN4O2/c1-15-4-3-5-19(16(15)2)26-22(29)14-27-8-10-28(11-9-27)23(30)21-13-17-12-18(24)6-7-20(17)25-21/h3-7,12-13,25H,8-11,14H2,1-2H3,(H,26,29). The molecule has 0 atom stereocenters. The number of hydrogen-bond donors (Lipinski definition) is 2. The number of aryl methyl sites for hydroxylation is 1. The molecule has 4 rings (SSSR count). The lowest BCUT2D eigenvalue weighted by Crippen LogP contribution is -2.50. The zero-order valence-corrected chi connectivity index (χ0v) is 17.9. The van der Waals surface area contributed by atoms with Gasteiger partial charge in [0.15, 0.2) is 0 Å². The van der Waals surface area contributed by atoms with Crippen LogP contribution in [0.15, 0.2) is 42.5 Å². The summed E-state index contributed by atoms with van der Waals surface area (Å²) in [4.78, 5) is 32.4. The van der Waals surface area contributed by atoms with Crippen molar-refractivity contribution in [3.8, 4) is 0 Å². The number of nitrogens with one attached hydrogen (secondary N) is 2. The third kappa shape index (κ3) is 4.35. The predicted molar refractivity (Wildman–Crippen MR) is 120 cm³/mol. The van der Waals surface area contributed by atoms with Crippen molar-refractivity contribution < 1.29 is 9.59 Å². The van der Waals surface area contributed by atoms with Crippen LogP contribution in [0.25, 0.3) is 10.9 Å². The number of aromatic amines is 1. The molecular weight excluding hydrogens is 400 g/mol. The van der Waals surface area contributed by atoms with Crippen LogP contribution in [0, 0.1) is 13.8 Å². The Balaban J connectivity index is 1.32. The number of amides is 2. The molecule has 0 unspecified atom stereocenters. The Kier molecular flexibility index (Phi) is 5.79. The largest absolute Gasteiger partial charge is 0.351 e. The van der Waals surface area contributed by atoms with Crippen LogP contribution in [0.2, 0.25) is 5.02 Å². The van der Waals surface area contributed by atoms with Gasteiger partial charge in [-0.25, -0.2) is 0 Å². The molecule has 0 saturated carbocycles. The summed E-state index contributed by atoms with van der Waals surface area (Å²) < 4.78 is 0. The maximum Gasteiger partial charge on any atom is 0.270 e. The quantitative estimate of drug-likeness (QED) is 0.668. The number of rotatable bonds is 4. The van der Waals surface area contributed by atoms with E-state index in [0.29, 0.717) is 43.4 Å². The zero-order chi connectivity index (χ0) is 21.3. The number of aromatic nitrogens is 1. The summed E-state index contributed by atoms with van der Waals surface area (Å²) in [5.41, 5.74) is 4.55. The minimum absolute atomic E-state index is 0.0261. The highest BCUT2D eigenvalue weighted by molar-refractivity contribution is 6.31. The molecule has 7 heteroatoms. The maximum atomic E-state index is 12.9. The fourth-order valence-electron chi connectivity index (χ4n) is 3.78. The Labute approximate surface area is 180 Å². The van der Waals surface area contributed by atoms with Crippen LogP contribution in [0.1, 0.15) is 21.6 Å². The van der Waals surface area contributed by atoms with Crippen LogP contribution >= 0.6 is 11.6 Å². The fourth-order valence-corrected chi connectivity index (χ4v) is 3.96. The minimum Gasteiger partial charge on any atom is -0.351 e. The van der Waals surface area contributed by atoms with Crippen LogP contribution < -0.4 is 5.32 Å². The molecular formula is C23H25ClN4O2. The molecule has 156 valence electrons. The molecule has 1 aliphatic heterocycles. The van der Waals surface area contributed by atoms with E-state index in [4.69, 9.17) is 11.6 Å². The normalized spacial score (nSPS) is 14.8. The van der Waals surface area contributed by atoms with Crippen molar-refractivity contribution in [1.82, 2.24) is 14.8 Å². The second-order valence-corrected chi connectivity index (χ2v) is 8.22. The molecule has 0 spiro atoms. The van der Waals surface area contributed by atoms with Gasteiger partial charge in [-0.2, -0.15) is 0 Å².